The fraction of sp³-hybridized carbons (Fsp3) is 0.641. The molecular weight excluding hydrogens is 632 g/mol. The molecular formula is C39H58N6O5. The van der Waals surface area contributed by atoms with Crippen molar-refractivity contribution in [2.24, 2.45) is 34.8 Å². The summed E-state index contributed by atoms with van der Waals surface area (Å²) in [4.78, 5) is 38.3. The van der Waals surface area contributed by atoms with Gasteiger partial charge < -0.3 is 36.0 Å². The van der Waals surface area contributed by atoms with Gasteiger partial charge in [0.1, 0.15) is 11.8 Å². The number of likely N-dealkylation sites (tertiary alicyclic amines) is 1. The zero-order chi connectivity index (χ0) is 36.1. The van der Waals surface area contributed by atoms with E-state index < -0.39 is 24.2 Å². The quantitative estimate of drug-likeness (QED) is 0.280. The number of likely N-dealkylation sites (N-methyl/N-ethyl adjacent to an activating group) is 1. The molecule has 0 spiro atoms. The van der Waals surface area contributed by atoms with Crippen molar-refractivity contribution in [3.05, 3.63) is 47.5 Å². The Morgan fingerprint density at radius 3 is 2.54 bits per heavy atom. The maximum atomic E-state index is 14.2. The van der Waals surface area contributed by atoms with Gasteiger partial charge in [-0.05, 0) is 86.7 Å². The lowest BCUT2D eigenvalue weighted by molar-refractivity contribution is -0.175. The monoisotopic (exact) mass is 690 g/mol. The van der Waals surface area contributed by atoms with Crippen molar-refractivity contribution in [3.8, 4) is 16.9 Å². The lowest BCUT2D eigenvalue weighted by Gasteiger charge is -2.62. The average Bonchev–Trinajstić information content (AvgIpc) is 3.67. The minimum atomic E-state index is -0.809. The second-order valence-electron chi connectivity index (χ2n) is 16.2. The number of nitrogens with zero attached hydrogens (tertiary/aromatic N) is 3. The molecule has 9 atom stereocenters. The minimum Gasteiger partial charge on any atom is -0.496 e. The molecule has 3 saturated carbocycles. The van der Waals surface area contributed by atoms with Gasteiger partial charge in [0.15, 0.2) is 0 Å². The molecule has 3 aliphatic carbocycles. The number of carbonyl (C=O) groups excluding carboxylic acids is 2. The number of hydrogen-bond acceptors (Lipinski definition) is 9. The normalized spacial score (nSPS) is 31.2. The van der Waals surface area contributed by atoms with E-state index in [4.69, 9.17) is 15.3 Å². The van der Waals surface area contributed by atoms with Crippen molar-refractivity contribution in [2.75, 3.05) is 52.8 Å². The summed E-state index contributed by atoms with van der Waals surface area (Å²) in [5, 5.41) is 19.3. The summed E-state index contributed by atoms with van der Waals surface area (Å²) in [6.07, 6.45) is 1.78. The molecule has 2 bridgehead atoms. The van der Waals surface area contributed by atoms with Gasteiger partial charge >= 0.3 is 0 Å². The summed E-state index contributed by atoms with van der Waals surface area (Å²) < 4.78 is 6.08. The largest absolute Gasteiger partial charge is 0.496 e. The SMILES string of the molecule is COc1c(CN2O[C@@H](CN)[C@@H]([C@H](C)O)[C@H]2C(=O)N[C@H]2C[C@@H]3C[C@H]([C@@H]2C)C3(C)C)cccc1-c1cc(C(=O)N[C@@H]2CCN(C)C2)cc(N(C)C)c1. The highest BCUT2D eigenvalue weighted by molar-refractivity contribution is 5.97. The van der Waals surface area contributed by atoms with Gasteiger partial charge in [-0.1, -0.05) is 39.0 Å². The number of anilines is 1. The number of methoxy groups -OCH3 is 1. The maximum absolute atomic E-state index is 14.2. The first kappa shape index (κ1) is 36.6. The van der Waals surface area contributed by atoms with E-state index in [-0.39, 0.29) is 37.0 Å². The van der Waals surface area contributed by atoms with E-state index in [0.717, 1.165) is 48.3 Å². The summed E-state index contributed by atoms with van der Waals surface area (Å²) >= 11 is 0. The van der Waals surface area contributed by atoms with E-state index in [2.05, 4.69) is 49.4 Å². The van der Waals surface area contributed by atoms with Crippen molar-refractivity contribution in [2.45, 2.75) is 83.8 Å². The van der Waals surface area contributed by atoms with Crippen LogP contribution in [0.2, 0.25) is 0 Å². The third-order valence-corrected chi connectivity index (χ3v) is 12.5. The number of ether oxygens (including phenoxy) is 1. The number of para-hydroxylation sites is 1. The first-order valence-corrected chi connectivity index (χ1v) is 18.3. The Balaban J connectivity index is 1.28. The lowest BCUT2D eigenvalue weighted by atomic mass is 9.45. The number of benzene rings is 2. The molecule has 2 aromatic rings. The van der Waals surface area contributed by atoms with Gasteiger partial charge in [0.05, 0.1) is 25.9 Å². The van der Waals surface area contributed by atoms with Gasteiger partial charge in [0.25, 0.3) is 5.91 Å². The highest BCUT2D eigenvalue weighted by Gasteiger charge is 2.57. The molecule has 11 nitrogen and oxygen atoms in total. The van der Waals surface area contributed by atoms with Crippen LogP contribution in [-0.4, -0.2) is 105 Å². The number of rotatable bonds is 11. The number of aliphatic hydroxyl groups is 1. The fourth-order valence-corrected chi connectivity index (χ4v) is 9.35. The number of hydrogen-bond donors (Lipinski definition) is 4. The molecule has 11 heteroatoms. The zero-order valence-corrected chi connectivity index (χ0v) is 31.1. The highest BCUT2D eigenvalue weighted by atomic mass is 16.7. The summed E-state index contributed by atoms with van der Waals surface area (Å²) in [6.45, 7) is 10.9. The van der Waals surface area contributed by atoms with Crippen molar-refractivity contribution in [3.63, 3.8) is 0 Å². The Labute approximate surface area is 297 Å². The van der Waals surface area contributed by atoms with Crippen LogP contribution in [0.25, 0.3) is 11.1 Å². The van der Waals surface area contributed by atoms with E-state index in [0.29, 0.717) is 34.5 Å². The van der Waals surface area contributed by atoms with E-state index >= 15 is 0 Å². The van der Waals surface area contributed by atoms with Crippen LogP contribution in [0, 0.1) is 29.1 Å². The predicted octanol–water partition coefficient (Wildman–Crippen LogP) is 3.49. The number of fused-ring (bicyclic) bond motifs is 2. The number of amides is 2. The molecule has 0 aromatic heterocycles. The molecule has 5 fully saturated rings. The molecule has 2 heterocycles. The van der Waals surface area contributed by atoms with Crippen LogP contribution in [0.15, 0.2) is 36.4 Å². The fourth-order valence-electron chi connectivity index (χ4n) is 9.35. The van der Waals surface area contributed by atoms with Crippen LogP contribution < -0.4 is 26.0 Å². The third kappa shape index (κ3) is 6.87. The van der Waals surface area contributed by atoms with Crippen LogP contribution in [0.1, 0.15) is 62.9 Å². The van der Waals surface area contributed by atoms with Crippen LogP contribution in [0.5, 0.6) is 5.75 Å². The van der Waals surface area contributed by atoms with Crippen LogP contribution in [-0.2, 0) is 16.2 Å². The second-order valence-corrected chi connectivity index (χ2v) is 16.2. The molecule has 2 saturated heterocycles. The van der Waals surface area contributed by atoms with Crippen molar-refractivity contribution in [1.29, 1.82) is 0 Å². The number of nitrogens with one attached hydrogen (secondary N) is 2. The average molecular weight is 691 g/mol. The number of nitrogens with two attached hydrogens (primary N) is 1. The van der Waals surface area contributed by atoms with Crippen molar-refractivity contribution in [1.82, 2.24) is 20.6 Å². The van der Waals surface area contributed by atoms with Gasteiger partial charge in [0, 0.05) is 67.6 Å². The van der Waals surface area contributed by atoms with Gasteiger partial charge in [0.2, 0.25) is 5.91 Å². The standard InChI is InChI=1S/C39H58N6O5/c1-22-31-17-27(39(31,3)4)18-32(22)42-38(48)35-34(23(2)46)33(19-40)50-45(35)20-24-10-9-11-30(36(24)49-8)25-14-26(16-29(15-25)43(5)6)37(47)41-28-12-13-44(7)21-28/h9-11,14-16,22-23,27-28,31-35,46H,12-13,17-21,40H2,1-8H3,(H,41,47)(H,42,48)/t22-,23-,27-,28+,31+,32-,33-,34+,35-/m0/s1. The first-order chi connectivity index (χ1) is 23.7. The third-order valence-electron chi connectivity index (χ3n) is 12.5. The zero-order valence-electron chi connectivity index (χ0n) is 31.1. The predicted molar refractivity (Wildman–Crippen MR) is 196 cm³/mol. The highest BCUT2D eigenvalue weighted by Crippen LogP contribution is 2.61. The lowest BCUT2D eigenvalue weighted by Crippen LogP contribution is -2.62. The topological polar surface area (TPSA) is 133 Å². The van der Waals surface area contributed by atoms with Crippen LogP contribution in [0.3, 0.4) is 0 Å². The Kier molecular flexibility index (Phi) is 10.5. The van der Waals surface area contributed by atoms with Gasteiger partial charge in [-0.3, -0.25) is 14.4 Å². The summed E-state index contributed by atoms with van der Waals surface area (Å²) in [7, 11) is 7.62. The summed E-state index contributed by atoms with van der Waals surface area (Å²) in [6, 6.07) is 11.2. The van der Waals surface area contributed by atoms with Crippen LogP contribution in [0.4, 0.5) is 5.69 Å². The Morgan fingerprint density at radius 2 is 1.94 bits per heavy atom. The molecule has 7 rings (SSSR count). The van der Waals surface area contributed by atoms with E-state index in [1.165, 1.54) is 6.42 Å². The first-order valence-electron chi connectivity index (χ1n) is 18.3. The van der Waals surface area contributed by atoms with E-state index in [9.17, 15) is 14.7 Å². The summed E-state index contributed by atoms with van der Waals surface area (Å²) in [5.74, 6) is 1.44. The van der Waals surface area contributed by atoms with Gasteiger partial charge in [-0.15, -0.1) is 0 Å². The number of carbonyl (C=O) groups is 2. The van der Waals surface area contributed by atoms with E-state index in [1.807, 2.05) is 49.3 Å². The van der Waals surface area contributed by atoms with Crippen molar-refractivity contribution < 1.29 is 24.3 Å². The maximum Gasteiger partial charge on any atom is 0.251 e. The second kappa shape index (κ2) is 14.4. The van der Waals surface area contributed by atoms with Crippen molar-refractivity contribution >= 4 is 17.5 Å². The molecule has 2 amide bonds. The van der Waals surface area contributed by atoms with Crippen LogP contribution >= 0.6 is 0 Å². The summed E-state index contributed by atoms with van der Waals surface area (Å²) in [5.41, 5.74) is 10.4. The molecule has 2 aliphatic heterocycles. The van der Waals surface area contributed by atoms with Gasteiger partial charge in [-0.2, -0.15) is 5.06 Å². The van der Waals surface area contributed by atoms with E-state index in [1.54, 1.807) is 19.1 Å². The minimum absolute atomic E-state index is 0.0792. The Morgan fingerprint density at radius 1 is 1.18 bits per heavy atom. The smallest absolute Gasteiger partial charge is 0.251 e. The number of aliphatic hydroxyl groups excluding tert-OH is 1. The molecule has 274 valence electrons. The van der Waals surface area contributed by atoms with Gasteiger partial charge in [-0.25, -0.2) is 0 Å². The molecule has 50 heavy (non-hydrogen) atoms. The molecule has 0 radical (unpaired) electrons. The molecule has 2 aromatic carbocycles. The Hall–Kier alpha value is -3.22. The molecule has 0 unspecified atom stereocenters. The molecule has 5 aliphatic rings. The Bertz CT molecular complexity index is 1560. The number of hydroxylamine groups is 2. The molecule has 5 N–H and O–H groups in total.